The van der Waals surface area contributed by atoms with Gasteiger partial charge in [0.05, 0.1) is 6.61 Å². The smallest absolute Gasteiger partial charge is 0.408 e. The summed E-state index contributed by atoms with van der Waals surface area (Å²) >= 11 is 0. The van der Waals surface area contributed by atoms with Crippen LogP contribution in [0.4, 0.5) is 13.2 Å². The first-order valence-electron chi connectivity index (χ1n) is 11.8. The molecule has 2 N–H and O–H groups in total. The van der Waals surface area contributed by atoms with Crippen molar-refractivity contribution in [2.75, 3.05) is 19.7 Å². The Morgan fingerprint density at radius 2 is 1.84 bits per heavy atom. The molecule has 2 atom stereocenters. The van der Waals surface area contributed by atoms with Gasteiger partial charge in [0.25, 0.3) is 0 Å². The number of aromatic nitrogens is 4. The van der Waals surface area contributed by atoms with Crippen LogP contribution in [0.25, 0.3) is 28.1 Å². The van der Waals surface area contributed by atoms with E-state index in [4.69, 9.17) is 15.5 Å². The van der Waals surface area contributed by atoms with Gasteiger partial charge in [0.2, 0.25) is 0 Å². The molecule has 37 heavy (non-hydrogen) atoms. The number of halogens is 5. The lowest BCUT2D eigenvalue weighted by Crippen LogP contribution is -2.38. The number of hydrogen-bond donors (Lipinski definition) is 1. The highest BCUT2D eigenvalue weighted by molar-refractivity contribution is 5.86. The lowest BCUT2D eigenvalue weighted by atomic mass is 10.1. The van der Waals surface area contributed by atoms with E-state index in [-0.39, 0.29) is 43.0 Å². The molecule has 1 unspecified atom stereocenters. The Kier molecular flexibility index (Phi) is 7.85. The molecule has 4 aromatic rings. The molecule has 1 saturated carbocycles. The van der Waals surface area contributed by atoms with Gasteiger partial charge < -0.3 is 10.5 Å². The third kappa shape index (κ3) is 5.47. The molecular formula is C25H27Cl2F3N6O. The number of nitrogens with two attached hydrogens (primary N) is 1. The predicted molar refractivity (Wildman–Crippen MR) is 139 cm³/mol. The zero-order chi connectivity index (χ0) is 24.2. The standard InChI is InChI=1S/C25H25F3N6O.2ClH/c26-25(27,28)23(33-11-10-18(29)13-33)17-7-9-21-31-32-24(34(21)12-17)19-8-6-16-2-1-3-20(22(16)30-19)35-14-15-4-5-15;;/h1-3,6-9,12,15,18,23H,4-5,10-11,13-14,29H2;2*1H/t18-,23?;;/m0../s1. The first-order chi connectivity index (χ1) is 16.9. The van der Waals surface area contributed by atoms with Crippen molar-refractivity contribution < 1.29 is 17.9 Å². The quantitative estimate of drug-likeness (QED) is 0.352. The SMILES string of the molecule is Cl.Cl.N[C@H]1CCN(C(c2ccc3nnc(-c4ccc5cccc(OCC6CC6)c5n4)n3c2)C(F)(F)F)C1. The first-order valence-corrected chi connectivity index (χ1v) is 11.8. The van der Waals surface area contributed by atoms with Crippen LogP contribution in [0.3, 0.4) is 0 Å². The largest absolute Gasteiger partial charge is 0.491 e. The molecule has 1 aromatic carbocycles. The average Bonchev–Trinajstić information content (AvgIpc) is 3.42. The molecule has 0 radical (unpaired) electrons. The van der Waals surface area contributed by atoms with Crippen molar-refractivity contribution in [3.8, 4) is 17.3 Å². The van der Waals surface area contributed by atoms with Gasteiger partial charge in [-0.05, 0) is 48.9 Å². The van der Waals surface area contributed by atoms with Crippen molar-refractivity contribution in [2.45, 2.75) is 37.5 Å². The van der Waals surface area contributed by atoms with E-state index in [0.29, 0.717) is 53.9 Å². The summed E-state index contributed by atoms with van der Waals surface area (Å²) in [5.74, 6) is 1.66. The first kappa shape index (κ1) is 27.4. The highest BCUT2D eigenvalue weighted by atomic mass is 35.5. The van der Waals surface area contributed by atoms with Crippen LogP contribution in [-0.2, 0) is 0 Å². The van der Waals surface area contributed by atoms with Crippen LogP contribution in [0.2, 0.25) is 0 Å². The number of nitrogens with zero attached hydrogens (tertiary/aromatic N) is 5. The summed E-state index contributed by atoms with van der Waals surface area (Å²) < 4.78 is 50.0. The number of fused-ring (bicyclic) bond motifs is 2. The van der Waals surface area contributed by atoms with Crippen LogP contribution in [0.5, 0.6) is 5.75 Å². The second kappa shape index (κ2) is 10.6. The molecule has 1 saturated heterocycles. The van der Waals surface area contributed by atoms with E-state index in [1.807, 2.05) is 24.3 Å². The maximum Gasteiger partial charge on any atom is 0.408 e. The minimum absolute atomic E-state index is 0. The fraction of sp³-hybridized carbons (Fsp3) is 0.400. The topological polar surface area (TPSA) is 81.6 Å². The van der Waals surface area contributed by atoms with Gasteiger partial charge in [-0.15, -0.1) is 35.0 Å². The Morgan fingerprint density at radius 1 is 1.03 bits per heavy atom. The molecule has 1 aliphatic carbocycles. The Hall–Kier alpha value is -2.66. The molecule has 1 aliphatic heterocycles. The number of hydrogen-bond acceptors (Lipinski definition) is 6. The number of para-hydroxylation sites is 1. The van der Waals surface area contributed by atoms with E-state index in [1.54, 1.807) is 16.5 Å². The normalized spacial score (nSPS) is 19.0. The van der Waals surface area contributed by atoms with E-state index in [9.17, 15) is 13.2 Å². The Labute approximate surface area is 224 Å². The number of benzene rings is 1. The molecule has 12 heteroatoms. The van der Waals surface area contributed by atoms with E-state index in [0.717, 1.165) is 5.39 Å². The minimum atomic E-state index is -4.44. The Morgan fingerprint density at radius 3 is 2.54 bits per heavy atom. The predicted octanol–water partition coefficient (Wildman–Crippen LogP) is 5.21. The molecule has 0 amide bonds. The van der Waals surface area contributed by atoms with Crippen molar-refractivity contribution in [3.63, 3.8) is 0 Å². The molecular weight excluding hydrogens is 528 g/mol. The van der Waals surface area contributed by atoms with Gasteiger partial charge in [-0.1, -0.05) is 24.3 Å². The maximum absolute atomic E-state index is 14.1. The van der Waals surface area contributed by atoms with Gasteiger partial charge in [-0.25, -0.2) is 4.98 Å². The summed E-state index contributed by atoms with van der Waals surface area (Å²) in [7, 11) is 0. The summed E-state index contributed by atoms with van der Waals surface area (Å²) in [6.07, 6.45) is -0.0760. The molecule has 198 valence electrons. The number of pyridine rings is 2. The lowest BCUT2D eigenvalue weighted by molar-refractivity contribution is -0.183. The van der Waals surface area contributed by atoms with Crippen LogP contribution in [-0.4, -0.2) is 56.4 Å². The van der Waals surface area contributed by atoms with Crippen LogP contribution < -0.4 is 10.5 Å². The third-order valence-corrected chi connectivity index (χ3v) is 6.76. The van der Waals surface area contributed by atoms with E-state index >= 15 is 0 Å². The second-order valence-electron chi connectivity index (χ2n) is 9.48. The zero-order valence-electron chi connectivity index (χ0n) is 19.8. The molecule has 3 aromatic heterocycles. The fourth-order valence-electron chi connectivity index (χ4n) is 4.75. The summed E-state index contributed by atoms with van der Waals surface area (Å²) in [6, 6.07) is 10.5. The zero-order valence-corrected chi connectivity index (χ0v) is 21.4. The van der Waals surface area contributed by atoms with Crippen molar-refractivity contribution in [1.29, 1.82) is 0 Å². The number of ether oxygens (including phenoxy) is 1. The Balaban J connectivity index is 0.00000160. The van der Waals surface area contributed by atoms with E-state index < -0.39 is 12.2 Å². The van der Waals surface area contributed by atoms with Crippen LogP contribution in [0.1, 0.15) is 30.9 Å². The van der Waals surface area contributed by atoms with Gasteiger partial charge in [0, 0.05) is 30.7 Å². The van der Waals surface area contributed by atoms with Gasteiger partial charge in [-0.3, -0.25) is 9.30 Å². The average molecular weight is 555 g/mol. The molecule has 4 heterocycles. The van der Waals surface area contributed by atoms with E-state index in [2.05, 4.69) is 10.2 Å². The summed E-state index contributed by atoms with van der Waals surface area (Å²) in [5, 5.41) is 9.33. The van der Waals surface area contributed by atoms with Crippen LogP contribution in [0, 0.1) is 5.92 Å². The number of alkyl halides is 3. The molecule has 0 bridgehead atoms. The molecule has 0 spiro atoms. The summed E-state index contributed by atoms with van der Waals surface area (Å²) in [4.78, 5) is 6.18. The van der Waals surface area contributed by atoms with Crippen molar-refractivity contribution in [2.24, 2.45) is 11.7 Å². The van der Waals surface area contributed by atoms with Gasteiger partial charge in [-0.2, -0.15) is 13.2 Å². The molecule has 6 rings (SSSR count). The molecule has 2 aliphatic rings. The van der Waals surface area contributed by atoms with Crippen molar-refractivity contribution in [3.05, 3.63) is 54.2 Å². The summed E-state index contributed by atoms with van der Waals surface area (Å²) in [5.41, 5.74) is 7.67. The minimum Gasteiger partial charge on any atom is -0.491 e. The van der Waals surface area contributed by atoms with Crippen LogP contribution >= 0.6 is 24.8 Å². The number of likely N-dealkylation sites (tertiary alicyclic amines) is 1. The Bertz CT molecular complexity index is 1390. The highest BCUT2D eigenvalue weighted by Crippen LogP contribution is 2.39. The van der Waals surface area contributed by atoms with Gasteiger partial charge in [0.15, 0.2) is 11.5 Å². The van der Waals surface area contributed by atoms with Crippen molar-refractivity contribution >= 4 is 41.4 Å². The van der Waals surface area contributed by atoms with Gasteiger partial charge in [0.1, 0.15) is 23.0 Å². The van der Waals surface area contributed by atoms with E-state index in [1.165, 1.54) is 30.0 Å². The molecule has 7 nitrogen and oxygen atoms in total. The monoisotopic (exact) mass is 554 g/mol. The second-order valence-corrected chi connectivity index (χ2v) is 9.48. The highest BCUT2D eigenvalue weighted by Gasteiger charge is 2.46. The molecule has 2 fully saturated rings. The van der Waals surface area contributed by atoms with Crippen molar-refractivity contribution in [1.82, 2.24) is 24.5 Å². The third-order valence-electron chi connectivity index (χ3n) is 6.76. The fourth-order valence-corrected chi connectivity index (χ4v) is 4.75. The number of rotatable bonds is 6. The van der Waals surface area contributed by atoms with Crippen LogP contribution in [0.15, 0.2) is 48.7 Å². The summed E-state index contributed by atoms with van der Waals surface area (Å²) in [6.45, 7) is 1.16. The van der Waals surface area contributed by atoms with Gasteiger partial charge >= 0.3 is 6.18 Å². The lowest BCUT2D eigenvalue weighted by Gasteiger charge is -2.30. The maximum atomic E-state index is 14.1.